The number of hydrogen-bond donors (Lipinski definition) is 1. The molecule has 2 aromatic rings. The summed E-state index contributed by atoms with van der Waals surface area (Å²) in [5.41, 5.74) is 0.514. The minimum atomic E-state index is -0.156. The van der Waals surface area contributed by atoms with Gasteiger partial charge in [-0.1, -0.05) is 54.2 Å². The van der Waals surface area contributed by atoms with Crippen molar-refractivity contribution in [3.05, 3.63) is 34.1 Å². The molecule has 0 atom stereocenters. The molecule has 0 radical (unpaired) electrons. The van der Waals surface area contributed by atoms with Crippen LogP contribution in [0.4, 0.5) is 5.69 Å². The first-order chi connectivity index (χ1) is 12.0. The molecule has 1 aliphatic rings. The second kappa shape index (κ2) is 8.43. The van der Waals surface area contributed by atoms with Gasteiger partial charge in [-0.25, -0.2) is 0 Å². The van der Waals surface area contributed by atoms with Gasteiger partial charge in [0.2, 0.25) is 5.91 Å². The summed E-state index contributed by atoms with van der Waals surface area (Å²) >= 11 is 13.4. The van der Waals surface area contributed by atoms with Crippen LogP contribution in [0.5, 0.6) is 0 Å². The van der Waals surface area contributed by atoms with E-state index in [9.17, 15) is 4.79 Å². The highest BCUT2D eigenvalue weighted by molar-refractivity contribution is 7.99. The number of anilines is 1. The number of thioether (sulfide) groups is 1. The molecule has 3 rings (SSSR count). The quantitative estimate of drug-likeness (QED) is 0.727. The smallest absolute Gasteiger partial charge is 0.234 e. The third kappa shape index (κ3) is 4.68. The maximum absolute atomic E-state index is 12.2. The molecule has 1 aromatic heterocycles. The van der Waals surface area contributed by atoms with Crippen LogP contribution in [0, 0.1) is 0 Å². The lowest BCUT2D eigenvalue weighted by Gasteiger charge is -2.20. The van der Waals surface area contributed by atoms with E-state index in [1.165, 1.54) is 43.9 Å². The number of hydrogen-bond acceptors (Lipinski definition) is 4. The van der Waals surface area contributed by atoms with Crippen molar-refractivity contribution in [1.82, 2.24) is 14.8 Å². The average molecular weight is 399 g/mol. The summed E-state index contributed by atoms with van der Waals surface area (Å²) in [6, 6.07) is 4.97. The molecule has 1 fully saturated rings. The van der Waals surface area contributed by atoms with Crippen molar-refractivity contribution >= 4 is 46.6 Å². The number of rotatable bonds is 5. The molecule has 0 unspecified atom stereocenters. The van der Waals surface area contributed by atoms with Crippen LogP contribution in [0.2, 0.25) is 10.0 Å². The monoisotopic (exact) mass is 398 g/mol. The molecule has 8 heteroatoms. The van der Waals surface area contributed by atoms with Gasteiger partial charge in [-0.2, -0.15) is 0 Å². The molecule has 1 amide bonds. The standard InChI is InChI=1S/C17H20Cl2N4OS/c1-23-16(11-5-3-2-4-6-11)21-22-17(23)25-10-15(24)20-14-9-12(18)7-8-13(14)19/h7-9,11H,2-6,10H2,1H3,(H,20,24). The second-order valence-corrected chi connectivity index (χ2v) is 7.98. The van der Waals surface area contributed by atoms with Crippen molar-refractivity contribution in [3.8, 4) is 0 Å². The molecule has 1 N–H and O–H groups in total. The van der Waals surface area contributed by atoms with Crippen molar-refractivity contribution in [2.75, 3.05) is 11.1 Å². The Bertz CT molecular complexity index is 759. The van der Waals surface area contributed by atoms with E-state index in [0.717, 1.165) is 11.0 Å². The predicted molar refractivity (Wildman–Crippen MR) is 103 cm³/mol. The van der Waals surface area contributed by atoms with Crippen LogP contribution in [0.15, 0.2) is 23.4 Å². The molecular formula is C17H20Cl2N4OS. The van der Waals surface area contributed by atoms with Crippen molar-refractivity contribution in [2.24, 2.45) is 7.05 Å². The summed E-state index contributed by atoms with van der Waals surface area (Å²) < 4.78 is 2.01. The van der Waals surface area contributed by atoms with Gasteiger partial charge in [-0.15, -0.1) is 10.2 Å². The van der Waals surface area contributed by atoms with E-state index < -0.39 is 0 Å². The van der Waals surface area contributed by atoms with Crippen LogP contribution >= 0.6 is 35.0 Å². The van der Waals surface area contributed by atoms with Crippen molar-refractivity contribution in [3.63, 3.8) is 0 Å². The lowest BCUT2D eigenvalue weighted by atomic mass is 9.89. The number of nitrogens with one attached hydrogen (secondary N) is 1. The first kappa shape index (κ1) is 18.5. The summed E-state index contributed by atoms with van der Waals surface area (Å²) in [6.07, 6.45) is 6.16. The molecule has 0 bridgehead atoms. The van der Waals surface area contributed by atoms with Crippen LogP contribution in [-0.2, 0) is 11.8 Å². The summed E-state index contributed by atoms with van der Waals surface area (Å²) in [5, 5.41) is 13.1. The molecule has 1 saturated carbocycles. The molecule has 0 saturated heterocycles. The van der Waals surface area contributed by atoms with Crippen molar-refractivity contribution in [2.45, 2.75) is 43.2 Å². The fraction of sp³-hybridized carbons (Fsp3) is 0.471. The first-order valence-corrected chi connectivity index (χ1v) is 10.1. The van der Waals surface area contributed by atoms with Crippen molar-refractivity contribution in [1.29, 1.82) is 0 Å². The molecule has 0 aliphatic heterocycles. The summed E-state index contributed by atoms with van der Waals surface area (Å²) in [4.78, 5) is 12.2. The van der Waals surface area contributed by atoms with Gasteiger partial charge in [-0.3, -0.25) is 4.79 Å². The van der Waals surface area contributed by atoms with Crippen LogP contribution in [0.25, 0.3) is 0 Å². The van der Waals surface area contributed by atoms with E-state index in [-0.39, 0.29) is 11.7 Å². The SMILES string of the molecule is Cn1c(SCC(=O)Nc2cc(Cl)ccc2Cl)nnc1C1CCCCC1. The molecule has 1 aliphatic carbocycles. The van der Waals surface area contributed by atoms with E-state index in [4.69, 9.17) is 23.2 Å². The second-order valence-electron chi connectivity index (χ2n) is 6.20. The van der Waals surface area contributed by atoms with Gasteiger partial charge < -0.3 is 9.88 Å². The number of nitrogens with zero attached hydrogens (tertiary/aromatic N) is 3. The van der Waals surface area contributed by atoms with E-state index >= 15 is 0 Å². The molecule has 1 aromatic carbocycles. The normalized spacial score (nSPS) is 15.3. The summed E-state index contributed by atoms with van der Waals surface area (Å²) in [5.74, 6) is 1.59. The predicted octanol–water partition coefficient (Wildman–Crippen LogP) is 4.90. The fourth-order valence-corrected chi connectivity index (χ4v) is 4.13. The van der Waals surface area contributed by atoms with Gasteiger partial charge in [0.05, 0.1) is 16.5 Å². The van der Waals surface area contributed by atoms with Gasteiger partial charge in [0.15, 0.2) is 5.16 Å². The number of carbonyl (C=O) groups excluding carboxylic acids is 1. The molecule has 1 heterocycles. The first-order valence-electron chi connectivity index (χ1n) is 8.31. The molecular weight excluding hydrogens is 379 g/mol. The highest BCUT2D eigenvalue weighted by Gasteiger charge is 2.22. The van der Waals surface area contributed by atoms with E-state index in [1.807, 2.05) is 11.6 Å². The maximum Gasteiger partial charge on any atom is 0.234 e. The number of benzene rings is 1. The van der Waals surface area contributed by atoms with Crippen molar-refractivity contribution < 1.29 is 4.79 Å². The van der Waals surface area contributed by atoms with Gasteiger partial charge in [0, 0.05) is 18.0 Å². The van der Waals surface area contributed by atoms with Crippen LogP contribution in [0.1, 0.15) is 43.8 Å². The van der Waals surface area contributed by atoms with Gasteiger partial charge >= 0.3 is 0 Å². The maximum atomic E-state index is 12.2. The molecule has 134 valence electrons. The zero-order chi connectivity index (χ0) is 17.8. The van der Waals surface area contributed by atoms with Crippen LogP contribution < -0.4 is 5.32 Å². The summed E-state index contributed by atoms with van der Waals surface area (Å²) in [6.45, 7) is 0. The highest BCUT2D eigenvalue weighted by atomic mass is 35.5. The number of amides is 1. The zero-order valence-electron chi connectivity index (χ0n) is 14.0. The molecule has 25 heavy (non-hydrogen) atoms. The minimum absolute atomic E-state index is 0.156. The van der Waals surface area contributed by atoms with E-state index in [0.29, 0.717) is 21.7 Å². The topological polar surface area (TPSA) is 59.8 Å². The number of aromatic nitrogens is 3. The molecule has 5 nitrogen and oxygen atoms in total. The van der Waals surface area contributed by atoms with E-state index in [1.54, 1.807) is 18.2 Å². The third-order valence-electron chi connectivity index (χ3n) is 4.37. The number of carbonyl (C=O) groups is 1. The van der Waals surface area contributed by atoms with Gasteiger partial charge in [0.1, 0.15) is 5.82 Å². The van der Waals surface area contributed by atoms with Crippen LogP contribution in [-0.4, -0.2) is 26.4 Å². The van der Waals surface area contributed by atoms with E-state index in [2.05, 4.69) is 15.5 Å². The Balaban J connectivity index is 1.59. The average Bonchev–Trinajstić information content (AvgIpc) is 2.98. The Labute approximate surface area is 161 Å². The largest absolute Gasteiger partial charge is 0.324 e. The highest BCUT2D eigenvalue weighted by Crippen LogP contribution is 2.32. The Kier molecular flexibility index (Phi) is 6.25. The Hall–Kier alpha value is -1.24. The Morgan fingerprint density at radius 2 is 2.04 bits per heavy atom. The third-order valence-corrected chi connectivity index (χ3v) is 5.96. The van der Waals surface area contributed by atoms with Crippen LogP contribution in [0.3, 0.4) is 0 Å². The summed E-state index contributed by atoms with van der Waals surface area (Å²) in [7, 11) is 1.97. The Morgan fingerprint density at radius 1 is 1.28 bits per heavy atom. The zero-order valence-corrected chi connectivity index (χ0v) is 16.3. The lowest BCUT2D eigenvalue weighted by molar-refractivity contribution is -0.113. The Morgan fingerprint density at radius 3 is 2.80 bits per heavy atom. The fourth-order valence-electron chi connectivity index (χ4n) is 3.08. The van der Waals surface area contributed by atoms with Gasteiger partial charge in [0.25, 0.3) is 0 Å². The minimum Gasteiger partial charge on any atom is -0.324 e. The molecule has 0 spiro atoms. The van der Waals surface area contributed by atoms with Gasteiger partial charge in [-0.05, 0) is 31.0 Å². The lowest BCUT2D eigenvalue weighted by Crippen LogP contribution is -2.15. The number of halogens is 2.